The molecule has 0 spiro atoms. The molecule has 1 unspecified atom stereocenters. The Labute approximate surface area is 203 Å². The molecule has 0 bridgehead atoms. The number of carbonyl (C=O) groups is 1. The number of nitrogens with one attached hydrogen (secondary N) is 2. The van der Waals surface area contributed by atoms with Crippen LogP contribution in [0.5, 0.6) is 11.5 Å². The lowest BCUT2D eigenvalue weighted by molar-refractivity contribution is -0.109. The molecule has 0 fully saturated rings. The molecular weight excluding hydrogens is 475 g/mol. The van der Waals surface area contributed by atoms with Crippen molar-refractivity contribution in [2.45, 2.75) is 19.1 Å². The molecule has 6 nitrogen and oxygen atoms in total. The summed E-state index contributed by atoms with van der Waals surface area (Å²) in [5.74, 6) is 0.421. The number of thiocarbonyl (C=S) groups is 1. The number of rotatable bonds is 10. The van der Waals surface area contributed by atoms with E-state index in [1.54, 1.807) is 48.5 Å². The molecule has 3 aromatic carbocycles. The quantitative estimate of drug-likeness (QED) is 0.247. The Bertz CT molecular complexity index is 1040. The van der Waals surface area contributed by atoms with Gasteiger partial charge in [0, 0.05) is 18.4 Å². The van der Waals surface area contributed by atoms with E-state index in [1.807, 2.05) is 42.5 Å². The van der Waals surface area contributed by atoms with E-state index >= 15 is 0 Å². The fourth-order valence-corrected chi connectivity index (χ4v) is 5.88. The van der Waals surface area contributed by atoms with Gasteiger partial charge in [0.05, 0.1) is 0 Å². The predicted molar refractivity (Wildman–Crippen MR) is 139 cm³/mol. The minimum absolute atomic E-state index is 0.0264. The molecule has 2 N–H and O–H groups in total. The number of thioether (sulfide) groups is 1. The molecule has 0 saturated carbocycles. The normalized spacial score (nSPS) is 11.8. The summed E-state index contributed by atoms with van der Waals surface area (Å²) in [6.07, 6.45) is 0.317. The molecule has 33 heavy (non-hydrogen) atoms. The zero-order valence-electron chi connectivity index (χ0n) is 18.0. The average molecular weight is 501 g/mol. The van der Waals surface area contributed by atoms with Crippen LogP contribution in [0, 0.1) is 0 Å². The topological polar surface area (TPSA) is 76.7 Å². The van der Waals surface area contributed by atoms with Crippen molar-refractivity contribution in [2.75, 3.05) is 11.1 Å². The fourth-order valence-electron chi connectivity index (χ4n) is 2.87. The molecule has 3 aromatic rings. The van der Waals surface area contributed by atoms with Gasteiger partial charge in [0.1, 0.15) is 11.5 Å². The van der Waals surface area contributed by atoms with Crippen molar-refractivity contribution in [3.8, 4) is 11.5 Å². The maximum Gasteiger partial charge on any atom is 0.452 e. The second kappa shape index (κ2) is 12.4. The molecule has 0 amide bonds. The van der Waals surface area contributed by atoms with Crippen LogP contribution in [0.2, 0.25) is 0 Å². The van der Waals surface area contributed by atoms with E-state index in [9.17, 15) is 9.36 Å². The van der Waals surface area contributed by atoms with Crippen LogP contribution < -0.4 is 19.7 Å². The third kappa shape index (κ3) is 8.24. The van der Waals surface area contributed by atoms with Crippen LogP contribution >= 0.6 is 31.6 Å². The molecule has 172 valence electrons. The number of para-hydroxylation sites is 3. The number of anilines is 1. The lowest BCUT2D eigenvalue weighted by atomic mass is 10.3. The molecular formula is C24H25N2O4PS2. The van der Waals surface area contributed by atoms with E-state index < -0.39 is 13.4 Å². The van der Waals surface area contributed by atoms with Crippen LogP contribution in [0.1, 0.15) is 13.3 Å². The summed E-state index contributed by atoms with van der Waals surface area (Å²) in [7, 11) is -3.86. The Balaban J connectivity index is 1.87. The Kier molecular flexibility index (Phi) is 9.36. The maximum atomic E-state index is 14.2. The lowest BCUT2D eigenvalue weighted by Gasteiger charge is -2.29. The smallest absolute Gasteiger partial charge is 0.415 e. The van der Waals surface area contributed by atoms with Gasteiger partial charge in [0.25, 0.3) is 0 Å². The summed E-state index contributed by atoms with van der Waals surface area (Å²) in [5, 5.41) is 6.43. The van der Waals surface area contributed by atoms with E-state index in [1.165, 1.54) is 6.92 Å². The van der Waals surface area contributed by atoms with Gasteiger partial charge in [-0.15, -0.1) is 0 Å². The first kappa shape index (κ1) is 24.8. The lowest BCUT2D eigenvalue weighted by Crippen LogP contribution is -2.40. The highest BCUT2D eigenvalue weighted by atomic mass is 32.2. The summed E-state index contributed by atoms with van der Waals surface area (Å²) in [6.45, 7) is 1.50. The molecule has 0 aromatic heterocycles. The Hall–Kier alpha value is -2.80. The van der Waals surface area contributed by atoms with Gasteiger partial charge < -0.3 is 19.7 Å². The van der Waals surface area contributed by atoms with E-state index in [-0.39, 0.29) is 10.2 Å². The first-order valence-corrected chi connectivity index (χ1v) is 13.3. The summed E-state index contributed by atoms with van der Waals surface area (Å²) >= 11 is 6.63. The van der Waals surface area contributed by atoms with Crippen molar-refractivity contribution in [3.63, 3.8) is 0 Å². The second-order valence-electron chi connectivity index (χ2n) is 6.96. The van der Waals surface area contributed by atoms with Crippen LogP contribution in [-0.2, 0) is 9.36 Å². The van der Waals surface area contributed by atoms with Gasteiger partial charge in [0.2, 0.25) is 0 Å². The van der Waals surface area contributed by atoms with Gasteiger partial charge in [-0.2, -0.15) is 0 Å². The van der Waals surface area contributed by atoms with Crippen LogP contribution in [0.15, 0.2) is 91.0 Å². The minimum Gasteiger partial charge on any atom is -0.415 e. The first-order chi connectivity index (χ1) is 15.9. The van der Waals surface area contributed by atoms with Gasteiger partial charge in [-0.05, 0) is 55.0 Å². The number of carbonyl (C=O) groups excluding carboxylic acids is 1. The summed E-state index contributed by atoms with van der Waals surface area (Å²) in [6, 6.07) is 27.1. The Morgan fingerprint density at radius 3 is 1.88 bits per heavy atom. The Morgan fingerprint density at radius 2 is 1.39 bits per heavy atom. The molecule has 0 heterocycles. The standard InChI is InChI=1S/C24H25N2O4PS2/c1-19(27)33-18-17-23(26-24(32)25-20-11-5-2-6-12-20)31(28,29-21-13-7-3-8-14-21)30-22-15-9-4-10-16-22/h2-16,23H,17-18H2,1H3,(H2,25,26,32). The molecule has 3 rings (SSSR count). The van der Waals surface area contributed by atoms with Gasteiger partial charge in [0.15, 0.2) is 16.0 Å². The van der Waals surface area contributed by atoms with E-state index in [0.29, 0.717) is 23.7 Å². The first-order valence-electron chi connectivity index (χ1n) is 10.3. The third-order valence-electron chi connectivity index (χ3n) is 4.36. The van der Waals surface area contributed by atoms with E-state index in [2.05, 4.69) is 10.6 Å². The van der Waals surface area contributed by atoms with Crippen LogP contribution in [0.3, 0.4) is 0 Å². The monoisotopic (exact) mass is 500 g/mol. The number of benzene rings is 3. The molecule has 0 aliphatic rings. The van der Waals surface area contributed by atoms with Gasteiger partial charge in [-0.1, -0.05) is 66.4 Å². The van der Waals surface area contributed by atoms with Crippen LogP contribution in [0.25, 0.3) is 0 Å². The summed E-state index contributed by atoms with van der Waals surface area (Å²) in [5.41, 5.74) is 0.787. The van der Waals surface area contributed by atoms with Crippen molar-refractivity contribution < 1.29 is 18.4 Å². The van der Waals surface area contributed by atoms with Crippen molar-refractivity contribution in [2.24, 2.45) is 0 Å². The second-order valence-corrected chi connectivity index (χ2v) is 10.7. The number of hydrogen-bond acceptors (Lipinski definition) is 6. The van der Waals surface area contributed by atoms with Crippen LogP contribution in [-0.4, -0.2) is 21.8 Å². The highest BCUT2D eigenvalue weighted by Gasteiger charge is 2.40. The summed E-state index contributed by atoms with van der Waals surface area (Å²) in [4.78, 5) is 11.5. The van der Waals surface area contributed by atoms with E-state index in [4.69, 9.17) is 21.3 Å². The molecule has 9 heteroatoms. The van der Waals surface area contributed by atoms with Crippen molar-refractivity contribution >= 4 is 47.5 Å². The maximum absolute atomic E-state index is 14.2. The van der Waals surface area contributed by atoms with Crippen molar-refractivity contribution in [3.05, 3.63) is 91.0 Å². The molecule has 0 aliphatic carbocycles. The molecule has 0 radical (unpaired) electrons. The predicted octanol–water partition coefficient (Wildman–Crippen LogP) is 6.32. The van der Waals surface area contributed by atoms with Gasteiger partial charge in [-0.25, -0.2) is 4.57 Å². The molecule has 0 saturated heterocycles. The largest absolute Gasteiger partial charge is 0.452 e. The third-order valence-corrected chi connectivity index (χ3v) is 7.51. The SMILES string of the molecule is CC(=O)SCCC(NC(=S)Nc1ccccc1)P(=O)(Oc1ccccc1)Oc1ccccc1. The highest BCUT2D eigenvalue weighted by Crippen LogP contribution is 2.53. The summed E-state index contributed by atoms with van der Waals surface area (Å²) < 4.78 is 26.2. The zero-order valence-corrected chi connectivity index (χ0v) is 20.6. The van der Waals surface area contributed by atoms with Crippen LogP contribution in [0.4, 0.5) is 5.69 Å². The van der Waals surface area contributed by atoms with Gasteiger partial charge in [-0.3, -0.25) is 4.79 Å². The van der Waals surface area contributed by atoms with Crippen molar-refractivity contribution in [1.29, 1.82) is 0 Å². The van der Waals surface area contributed by atoms with Crippen molar-refractivity contribution in [1.82, 2.24) is 5.32 Å². The molecule has 1 atom stereocenters. The number of hydrogen-bond donors (Lipinski definition) is 2. The fraction of sp³-hybridized carbons (Fsp3) is 0.167. The average Bonchev–Trinajstić information content (AvgIpc) is 2.80. The minimum atomic E-state index is -3.86. The van der Waals surface area contributed by atoms with Gasteiger partial charge >= 0.3 is 7.60 Å². The highest BCUT2D eigenvalue weighted by molar-refractivity contribution is 8.13. The Morgan fingerprint density at radius 1 is 0.909 bits per heavy atom. The zero-order chi connectivity index (χ0) is 23.5. The van der Waals surface area contributed by atoms with E-state index in [0.717, 1.165) is 17.4 Å². The molecule has 0 aliphatic heterocycles.